The molecule has 8 heteroatoms. The Balaban J connectivity index is 2.38. The molecule has 0 fully saturated rings. The van der Waals surface area contributed by atoms with Crippen molar-refractivity contribution in [2.45, 2.75) is 40.5 Å². The van der Waals surface area contributed by atoms with Crippen LogP contribution in [0.5, 0.6) is 11.5 Å². The number of hydrogen-bond donors (Lipinski definition) is 0. The second-order valence-corrected chi connectivity index (χ2v) is 7.11. The summed E-state index contributed by atoms with van der Waals surface area (Å²) in [7, 11) is 0. The predicted molar refractivity (Wildman–Crippen MR) is 118 cm³/mol. The van der Waals surface area contributed by atoms with Gasteiger partial charge in [0.2, 0.25) is 0 Å². The van der Waals surface area contributed by atoms with Gasteiger partial charge in [-0.1, -0.05) is 13.0 Å². The molecule has 1 aliphatic heterocycles. The predicted octanol–water partition coefficient (Wildman–Crippen LogP) is 3.42. The van der Waals surface area contributed by atoms with E-state index in [0.29, 0.717) is 35.8 Å². The van der Waals surface area contributed by atoms with Crippen LogP contribution in [0.2, 0.25) is 0 Å². The SMILES string of the molecule is CCCOc1ccc(/C=C2/C(=O)N(CCCOC(C)=O)C(=O)C(C#N)=C2C)cc1OCC. The summed E-state index contributed by atoms with van der Waals surface area (Å²) < 4.78 is 16.3. The first kappa shape index (κ1) is 24.7. The van der Waals surface area contributed by atoms with E-state index in [0.717, 1.165) is 11.3 Å². The van der Waals surface area contributed by atoms with Crippen LogP contribution in [-0.2, 0) is 19.1 Å². The number of imide groups is 1. The third-order valence-electron chi connectivity index (χ3n) is 4.70. The number of esters is 1. The molecule has 0 saturated carbocycles. The molecule has 0 aliphatic carbocycles. The first-order chi connectivity index (χ1) is 15.3. The maximum Gasteiger partial charge on any atom is 0.302 e. The van der Waals surface area contributed by atoms with E-state index in [9.17, 15) is 19.6 Å². The first-order valence-corrected chi connectivity index (χ1v) is 10.6. The lowest BCUT2D eigenvalue weighted by atomic mass is 9.93. The number of carbonyl (C=O) groups is 3. The molecule has 0 spiro atoms. The van der Waals surface area contributed by atoms with Gasteiger partial charge in [0.1, 0.15) is 11.6 Å². The molecule has 32 heavy (non-hydrogen) atoms. The van der Waals surface area contributed by atoms with Gasteiger partial charge in [-0.2, -0.15) is 5.26 Å². The summed E-state index contributed by atoms with van der Waals surface area (Å²) in [6.07, 6.45) is 2.76. The van der Waals surface area contributed by atoms with Crippen molar-refractivity contribution in [3.63, 3.8) is 0 Å². The van der Waals surface area contributed by atoms with Crippen LogP contribution < -0.4 is 9.47 Å². The largest absolute Gasteiger partial charge is 0.490 e. The van der Waals surface area contributed by atoms with Crippen LogP contribution in [0.1, 0.15) is 46.1 Å². The average Bonchev–Trinajstić information content (AvgIpc) is 2.76. The zero-order valence-corrected chi connectivity index (χ0v) is 18.9. The molecule has 0 saturated heterocycles. The molecule has 1 heterocycles. The quantitative estimate of drug-likeness (QED) is 0.237. The van der Waals surface area contributed by atoms with E-state index in [-0.39, 0.29) is 30.7 Å². The summed E-state index contributed by atoms with van der Waals surface area (Å²) in [5.74, 6) is -0.424. The van der Waals surface area contributed by atoms with Crippen LogP contribution >= 0.6 is 0 Å². The Morgan fingerprint density at radius 2 is 1.88 bits per heavy atom. The second-order valence-electron chi connectivity index (χ2n) is 7.11. The number of carbonyl (C=O) groups excluding carboxylic acids is 3. The van der Waals surface area contributed by atoms with Gasteiger partial charge in [-0.3, -0.25) is 19.3 Å². The number of nitrogens with zero attached hydrogens (tertiary/aromatic N) is 2. The monoisotopic (exact) mass is 440 g/mol. The Bertz CT molecular complexity index is 987. The number of benzene rings is 1. The number of ether oxygens (including phenoxy) is 3. The van der Waals surface area contributed by atoms with E-state index in [4.69, 9.17) is 14.2 Å². The van der Waals surface area contributed by atoms with E-state index in [1.54, 1.807) is 31.2 Å². The van der Waals surface area contributed by atoms with Gasteiger partial charge in [0.15, 0.2) is 11.5 Å². The van der Waals surface area contributed by atoms with E-state index in [1.165, 1.54) is 6.92 Å². The Kier molecular flexibility index (Phi) is 9.02. The van der Waals surface area contributed by atoms with Crippen LogP contribution in [0.25, 0.3) is 6.08 Å². The van der Waals surface area contributed by atoms with Gasteiger partial charge < -0.3 is 14.2 Å². The summed E-state index contributed by atoms with van der Waals surface area (Å²) in [4.78, 5) is 37.7. The zero-order chi connectivity index (χ0) is 23.7. The Morgan fingerprint density at radius 1 is 1.12 bits per heavy atom. The van der Waals surface area contributed by atoms with Crippen molar-refractivity contribution in [1.29, 1.82) is 5.26 Å². The Hall–Kier alpha value is -3.60. The Labute approximate surface area is 188 Å². The van der Waals surface area contributed by atoms with Crippen LogP contribution in [0, 0.1) is 11.3 Å². The van der Waals surface area contributed by atoms with Gasteiger partial charge in [-0.25, -0.2) is 0 Å². The molecule has 0 N–H and O–H groups in total. The fraction of sp³-hybridized carbons (Fsp3) is 0.417. The molecule has 0 unspecified atom stereocenters. The lowest BCUT2D eigenvalue weighted by Crippen LogP contribution is -2.43. The molecular weight excluding hydrogens is 412 g/mol. The highest BCUT2D eigenvalue weighted by atomic mass is 16.5. The molecule has 1 aromatic carbocycles. The van der Waals surface area contributed by atoms with E-state index in [1.807, 2.05) is 19.9 Å². The van der Waals surface area contributed by atoms with Gasteiger partial charge >= 0.3 is 5.97 Å². The molecule has 0 atom stereocenters. The van der Waals surface area contributed by atoms with Crippen molar-refractivity contribution < 1.29 is 28.6 Å². The van der Waals surface area contributed by atoms with Crippen molar-refractivity contribution in [1.82, 2.24) is 4.90 Å². The Morgan fingerprint density at radius 3 is 2.50 bits per heavy atom. The van der Waals surface area contributed by atoms with Crippen LogP contribution in [0.4, 0.5) is 0 Å². The number of nitriles is 1. The van der Waals surface area contributed by atoms with Crippen molar-refractivity contribution in [3.8, 4) is 17.6 Å². The highest BCUT2D eigenvalue weighted by Gasteiger charge is 2.35. The van der Waals surface area contributed by atoms with E-state index >= 15 is 0 Å². The molecule has 2 amide bonds. The van der Waals surface area contributed by atoms with Crippen molar-refractivity contribution in [2.75, 3.05) is 26.4 Å². The fourth-order valence-electron chi connectivity index (χ4n) is 3.15. The van der Waals surface area contributed by atoms with Gasteiger partial charge in [0.25, 0.3) is 11.8 Å². The third-order valence-corrected chi connectivity index (χ3v) is 4.70. The van der Waals surface area contributed by atoms with Crippen LogP contribution in [0.3, 0.4) is 0 Å². The maximum absolute atomic E-state index is 13.1. The molecule has 2 rings (SSSR count). The fourth-order valence-corrected chi connectivity index (χ4v) is 3.15. The minimum Gasteiger partial charge on any atom is -0.490 e. The van der Waals surface area contributed by atoms with Gasteiger partial charge in [-0.05, 0) is 56.0 Å². The van der Waals surface area contributed by atoms with Crippen LogP contribution in [0.15, 0.2) is 34.9 Å². The second kappa shape index (κ2) is 11.7. The summed E-state index contributed by atoms with van der Waals surface area (Å²) >= 11 is 0. The molecule has 1 aromatic rings. The third kappa shape index (κ3) is 5.97. The normalized spacial score (nSPS) is 15.1. The molecule has 170 valence electrons. The highest BCUT2D eigenvalue weighted by molar-refractivity contribution is 6.19. The molecule has 0 aromatic heterocycles. The summed E-state index contributed by atoms with van der Waals surface area (Å²) in [6, 6.07) is 7.22. The smallest absolute Gasteiger partial charge is 0.302 e. The number of hydrogen-bond acceptors (Lipinski definition) is 7. The first-order valence-electron chi connectivity index (χ1n) is 10.6. The van der Waals surface area contributed by atoms with Crippen molar-refractivity contribution in [2.24, 2.45) is 0 Å². The topological polar surface area (TPSA) is 106 Å². The minimum absolute atomic E-state index is 0.0364. The van der Waals surface area contributed by atoms with Gasteiger partial charge in [0, 0.05) is 19.0 Å². The molecule has 0 bridgehead atoms. The highest BCUT2D eigenvalue weighted by Crippen LogP contribution is 2.32. The van der Waals surface area contributed by atoms with Crippen molar-refractivity contribution >= 4 is 23.9 Å². The average molecular weight is 440 g/mol. The number of amides is 2. The molecule has 1 aliphatic rings. The standard InChI is InChI=1S/C24H28N2O6/c1-5-11-32-21-9-8-18(14-22(21)30-6-2)13-19-16(3)20(15-25)24(29)26(23(19)28)10-7-12-31-17(4)27/h8-9,13-14H,5-7,10-12H2,1-4H3/b19-13+. The van der Waals surface area contributed by atoms with Crippen LogP contribution in [-0.4, -0.2) is 49.0 Å². The molecule has 0 radical (unpaired) electrons. The van der Waals surface area contributed by atoms with Gasteiger partial charge in [0.05, 0.1) is 19.8 Å². The lowest BCUT2D eigenvalue weighted by molar-refractivity contribution is -0.141. The van der Waals surface area contributed by atoms with E-state index < -0.39 is 17.8 Å². The maximum atomic E-state index is 13.1. The number of rotatable bonds is 10. The molecular formula is C24H28N2O6. The zero-order valence-electron chi connectivity index (χ0n) is 18.9. The van der Waals surface area contributed by atoms with Gasteiger partial charge in [-0.15, -0.1) is 0 Å². The summed E-state index contributed by atoms with van der Waals surface area (Å²) in [5.41, 5.74) is 1.16. The summed E-state index contributed by atoms with van der Waals surface area (Å²) in [6.45, 7) is 7.85. The molecule has 8 nitrogen and oxygen atoms in total. The van der Waals surface area contributed by atoms with Crippen molar-refractivity contribution in [3.05, 3.63) is 40.5 Å². The van der Waals surface area contributed by atoms with E-state index in [2.05, 4.69) is 0 Å². The summed E-state index contributed by atoms with van der Waals surface area (Å²) in [5, 5.41) is 9.50. The lowest BCUT2D eigenvalue weighted by Gasteiger charge is -2.27. The minimum atomic E-state index is -0.645.